The predicted octanol–water partition coefficient (Wildman–Crippen LogP) is 2.22. The van der Waals surface area contributed by atoms with E-state index in [1.54, 1.807) is 22.9 Å². The number of carbonyl (C=O) groups excluding carboxylic acids is 4. The number of hydrogen-bond donors (Lipinski definition) is 1. The summed E-state index contributed by atoms with van der Waals surface area (Å²) in [6.07, 6.45) is 2.33. The van der Waals surface area contributed by atoms with Crippen LogP contribution in [0.3, 0.4) is 0 Å². The molecule has 1 unspecified atom stereocenters. The van der Waals surface area contributed by atoms with E-state index in [4.69, 9.17) is 0 Å². The van der Waals surface area contributed by atoms with Gasteiger partial charge in [0.05, 0.1) is 31.0 Å². The first-order valence-electron chi connectivity index (χ1n) is 8.27. The van der Waals surface area contributed by atoms with Crippen LogP contribution in [0.25, 0.3) is 0 Å². The van der Waals surface area contributed by atoms with Gasteiger partial charge in [0.2, 0.25) is 5.91 Å². The minimum atomic E-state index is -0.646. The third-order valence-corrected chi connectivity index (χ3v) is 4.39. The second-order valence-corrected chi connectivity index (χ2v) is 6.05. The average molecular weight is 370 g/mol. The van der Waals surface area contributed by atoms with E-state index in [0.29, 0.717) is 12.1 Å². The number of rotatable bonds is 4. The summed E-state index contributed by atoms with van der Waals surface area (Å²) >= 11 is 0. The highest BCUT2D eigenvalue weighted by Gasteiger charge is 2.29. The Morgan fingerprint density at radius 3 is 2.30 bits per heavy atom. The molecule has 3 rings (SSSR count). The van der Waals surface area contributed by atoms with Crippen LogP contribution in [0.15, 0.2) is 36.5 Å². The smallest absolute Gasteiger partial charge is 0.337 e. The Kier molecular flexibility index (Phi) is 5.07. The van der Waals surface area contributed by atoms with Crippen molar-refractivity contribution < 1.29 is 28.7 Å². The summed E-state index contributed by atoms with van der Waals surface area (Å²) in [7, 11) is 2.44. The fraction of sp³-hybridized carbons (Fsp3) is 0.263. The minimum Gasteiger partial charge on any atom is -0.465 e. The second kappa shape index (κ2) is 7.45. The molecule has 1 aromatic heterocycles. The molecule has 0 fully saturated rings. The largest absolute Gasteiger partial charge is 0.465 e. The van der Waals surface area contributed by atoms with E-state index in [2.05, 4.69) is 14.8 Å². The number of ether oxygens (including phenoxy) is 2. The normalized spacial score (nSPS) is 15.6. The number of hydrogen-bond acceptors (Lipinski definition) is 6. The van der Waals surface area contributed by atoms with Crippen LogP contribution in [-0.2, 0) is 14.3 Å². The first-order chi connectivity index (χ1) is 12.9. The van der Waals surface area contributed by atoms with Crippen molar-refractivity contribution in [3.63, 3.8) is 0 Å². The van der Waals surface area contributed by atoms with E-state index in [1.165, 1.54) is 32.4 Å². The standard InChI is InChI=1S/C19H18N2O6/c1-26-18(24)11-8-12(19(25)27-2)10-13(9-11)20-17(23)15-5-6-16(22)14-4-3-7-21(14)15/h3-4,7-10,15H,5-6H2,1-2H3,(H,20,23). The SMILES string of the molecule is COC(=O)c1cc(NC(=O)C2CCC(=O)c3cccn32)cc(C(=O)OC)c1. The highest BCUT2D eigenvalue weighted by atomic mass is 16.5. The topological polar surface area (TPSA) is 104 Å². The minimum absolute atomic E-state index is 0.00952. The van der Waals surface area contributed by atoms with E-state index in [1.807, 2.05) is 0 Å². The molecule has 1 amide bonds. The fourth-order valence-electron chi connectivity index (χ4n) is 3.09. The van der Waals surface area contributed by atoms with Gasteiger partial charge in [0.15, 0.2) is 5.78 Å². The molecule has 0 aliphatic carbocycles. The molecule has 2 aromatic rings. The highest BCUT2D eigenvalue weighted by Crippen LogP contribution is 2.27. The van der Waals surface area contributed by atoms with E-state index in [9.17, 15) is 19.2 Å². The summed E-state index contributed by atoms with van der Waals surface area (Å²) in [5.74, 6) is -1.65. The van der Waals surface area contributed by atoms with Crippen molar-refractivity contribution >= 4 is 29.3 Å². The number of carbonyl (C=O) groups is 4. The van der Waals surface area contributed by atoms with Gasteiger partial charge in [-0.25, -0.2) is 9.59 Å². The van der Waals surface area contributed by atoms with Gasteiger partial charge in [0.25, 0.3) is 0 Å². The number of amides is 1. The first-order valence-corrected chi connectivity index (χ1v) is 8.27. The number of methoxy groups -OCH3 is 2. The molecule has 0 spiro atoms. The van der Waals surface area contributed by atoms with Crippen molar-refractivity contribution in [3.8, 4) is 0 Å². The van der Waals surface area contributed by atoms with Gasteiger partial charge < -0.3 is 19.4 Å². The molecule has 1 atom stereocenters. The molecule has 0 radical (unpaired) electrons. The Labute approximate surface area is 155 Å². The molecule has 0 bridgehead atoms. The van der Waals surface area contributed by atoms with Crippen molar-refractivity contribution in [1.82, 2.24) is 4.57 Å². The lowest BCUT2D eigenvalue weighted by Gasteiger charge is -2.24. The van der Waals surface area contributed by atoms with Crippen LogP contribution < -0.4 is 5.32 Å². The monoisotopic (exact) mass is 370 g/mol. The maximum atomic E-state index is 12.8. The third-order valence-electron chi connectivity index (χ3n) is 4.39. The number of Topliss-reactive ketones (excluding diaryl/α,β-unsaturated/α-hetero) is 1. The lowest BCUT2D eigenvalue weighted by atomic mass is 10.0. The van der Waals surface area contributed by atoms with E-state index in [-0.39, 0.29) is 34.9 Å². The van der Waals surface area contributed by atoms with E-state index in [0.717, 1.165) is 0 Å². The number of nitrogens with zero attached hydrogens (tertiary/aromatic N) is 1. The van der Waals surface area contributed by atoms with Crippen molar-refractivity contribution in [3.05, 3.63) is 53.3 Å². The van der Waals surface area contributed by atoms with Gasteiger partial charge in [-0.2, -0.15) is 0 Å². The molecule has 27 heavy (non-hydrogen) atoms. The summed E-state index contributed by atoms with van der Waals surface area (Å²) < 4.78 is 11.0. The Morgan fingerprint density at radius 1 is 1.07 bits per heavy atom. The predicted molar refractivity (Wildman–Crippen MR) is 94.8 cm³/mol. The van der Waals surface area contributed by atoms with Gasteiger partial charge in [0.1, 0.15) is 6.04 Å². The Balaban J connectivity index is 1.90. The summed E-state index contributed by atoms with van der Waals surface area (Å²) in [6.45, 7) is 0. The average Bonchev–Trinajstić information content (AvgIpc) is 3.17. The van der Waals surface area contributed by atoms with Crippen molar-refractivity contribution in [2.45, 2.75) is 18.9 Å². The number of esters is 2. The van der Waals surface area contributed by atoms with Crippen molar-refractivity contribution in [1.29, 1.82) is 0 Å². The molecule has 0 saturated carbocycles. The van der Waals surface area contributed by atoms with Crippen LogP contribution in [0.1, 0.15) is 50.1 Å². The molecule has 8 nitrogen and oxygen atoms in total. The molecule has 2 heterocycles. The van der Waals surface area contributed by atoms with Crippen molar-refractivity contribution in [2.24, 2.45) is 0 Å². The fourth-order valence-corrected chi connectivity index (χ4v) is 3.09. The van der Waals surface area contributed by atoms with E-state index >= 15 is 0 Å². The van der Waals surface area contributed by atoms with Crippen LogP contribution >= 0.6 is 0 Å². The maximum Gasteiger partial charge on any atom is 0.337 e. The number of ketones is 1. The van der Waals surface area contributed by atoms with Crippen LogP contribution in [0.2, 0.25) is 0 Å². The zero-order chi connectivity index (χ0) is 19.6. The third kappa shape index (κ3) is 3.59. The molecule has 8 heteroatoms. The van der Waals surface area contributed by atoms with Gasteiger partial charge in [-0.05, 0) is 36.8 Å². The summed E-state index contributed by atoms with van der Waals surface area (Å²) in [5.41, 5.74) is 0.959. The maximum absolute atomic E-state index is 12.8. The van der Waals surface area contributed by atoms with Gasteiger partial charge >= 0.3 is 11.9 Å². The molecular weight excluding hydrogens is 352 g/mol. The highest BCUT2D eigenvalue weighted by molar-refractivity contribution is 6.02. The Morgan fingerprint density at radius 2 is 1.70 bits per heavy atom. The lowest BCUT2D eigenvalue weighted by molar-refractivity contribution is -0.119. The molecule has 1 aliphatic rings. The van der Waals surface area contributed by atoms with Gasteiger partial charge in [-0.3, -0.25) is 9.59 Å². The van der Waals surface area contributed by atoms with Gasteiger partial charge in [-0.1, -0.05) is 0 Å². The quantitative estimate of drug-likeness (QED) is 0.828. The van der Waals surface area contributed by atoms with E-state index < -0.39 is 18.0 Å². The number of anilines is 1. The number of aromatic nitrogens is 1. The van der Waals surface area contributed by atoms with Crippen LogP contribution in [0, 0.1) is 0 Å². The number of benzene rings is 1. The molecular formula is C19H18N2O6. The first kappa shape index (κ1) is 18.4. The molecule has 1 aromatic carbocycles. The van der Waals surface area contributed by atoms with Crippen molar-refractivity contribution in [2.75, 3.05) is 19.5 Å². The second-order valence-electron chi connectivity index (χ2n) is 6.05. The zero-order valence-corrected chi connectivity index (χ0v) is 14.9. The summed E-state index contributed by atoms with van der Waals surface area (Å²) in [4.78, 5) is 48.4. The zero-order valence-electron chi connectivity index (χ0n) is 14.9. The molecule has 1 N–H and O–H groups in total. The Bertz CT molecular complexity index is 896. The van der Waals surface area contributed by atoms with Crippen LogP contribution in [0.5, 0.6) is 0 Å². The van der Waals surface area contributed by atoms with Crippen LogP contribution in [-0.4, -0.2) is 42.4 Å². The van der Waals surface area contributed by atoms with Gasteiger partial charge in [0, 0.05) is 18.3 Å². The Hall–Kier alpha value is -3.42. The molecule has 140 valence electrons. The number of nitrogens with one attached hydrogen (secondary N) is 1. The molecule has 0 saturated heterocycles. The lowest BCUT2D eigenvalue weighted by Crippen LogP contribution is -2.31. The van der Waals surface area contributed by atoms with Gasteiger partial charge in [-0.15, -0.1) is 0 Å². The summed E-state index contributed by atoms with van der Waals surface area (Å²) in [6, 6.07) is 7.00. The van der Waals surface area contributed by atoms with Crippen LogP contribution in [0.4, 0.5) is 5.69 Å². The molecule has 1 aliphatic heterocycles. The summed E-state index contributed by atoms with van der Waals surface area (Å²) in [5, 5.41) is 2.71. The number of fused-ring (bicyclic) bond motifs is 1.